The molecular formula is C17H14F3NO. The van der Waals surface area contributed by atoms with E-state index in [-0.39, 0.29) is 5.57 Å². The molecule has 0 aliphatic heterocycles. The topological polar surface area (TPSA) is 40.9 Å². The van der Waals surface area contributed by atoms with Crippen molar-refractivity contribution >= 4 is 11.4 Å². The van der Waals surface area contributed by atoms with Crippen molar-refractivity contribution in [2.45, 2.75) is 26.4 Å². The molecule has 0 heterocycles. The Morgan fingerprint density at radius 1 is 1.23 bits per heavy atom. The van der Waals surface area contributed by atoms with Crippen LogP contribution in [0.1, 0.15) is 31.4 Å². The standard InChI is InChI=1S/C17H14F3NO/c1-3-13-10(2)8-14(22)16(17(18,19)20)15(13)12-6-4-11(9-21)5-7-12/h4-8,16H,3H2,1-2H3. The van der Waals surface area contributed by atoms with Crippen LogP contribution in [0.15, 0.2) is 41.5 Å². The van der Waals surface area contributed by atoms with E-state index in [1.54, 1.807) is 13.8 Å². The zero-order chi connectivity index (χ0) is 16.5. The average molecular weight is 305 g/mol. The zero-order valence-corrected chi connectivity index (χ0v) is 12.2. The van der Waals surface area contributed by atoms with Crippen LogP contribution in [0.25, 0.3) is 5.57 Å². The van der Waals surface area contributed by atoms with Crippen molar-refractivity contribution in [2.75, 3.05) is 0 Å². The van der Waals surface area contributed by atoms with E-state index in [4.69, 9.17) is 5.26 Å². The van der Waals surface area contributed by atoms with Crippen LogP contribution in [0.3, 0.4) is 0 Å². The Bertz CT molecular complexity index is 703. The van der Waals surface area contributed by atoms with Gasteiger partial charge in [0.2, 0.25) is 0 Å². The van der Waals surface area contributed by atoms with Crippen molar-refractivity contribution in [3.63, 3.8) is 0 Å². The Morgan fingerprint density at radius 2 is 1.82 bits per heavy atom. The second-order valence-corrected chi connectivity index (χ2v) is 5.14. The van der Waals surface area contributed by atoms with Gasteiger partial charge in [-0.1, -0.05) is 19.1 Å². The van der Waals surface area contributed by atoms with Crippen molar-refractivity contribution in [2.24, 2.45) is 5.92 Å². The average Bonchev–Trinajstić information content (AvgIpc) is 2.45. The predicted molar refractivity (Wildman–Crippen MR) is 76.7 cm³/mol. The summed E-state index contributed by atoms with van der Waals surface area (Å²) in [6.45, 7) is 3.41. The molecule has 2 rings (SSSR count). The van der Waals surface area contributed by atoms with Gasteiger partial charge in [0.15, 0.2) is 5.78 Å². The minimum absolute atomic E-state index is 0.00416. The number of benzene rings is 1. The third-order valence-corrected chi connectivity index (χ3v) is 3.74. The summed E-state index contributed by atoms with van der Waals surface area (Å²) in [5, 5.41) is 8.80. The van der Waals surface area contributed by atoms with Crippen LogP contribution in [-0.4, -0.2) is 12.0 Å². The lowest BCUT2D eigenvalue weighted by atomic mass is 9.77. The Morgan fingerprint density at radius 3 is 2.27 bits per heavy atom. The van der Waals surface area contributed by atoms with E-state index >= 15 is 0 Å². The number of hydrogen-bond acceptors (Lipinski definition) is 2. The number of alkyl halides is 3. The summed E-state index contributed by atoms with van der Waals surface area (Å²) >= 11 is 0. The first-order valence-corrected chi connectivity index (χ1v) is 6.82. The summed E-state index contributed by atoms with van der Waals surface area (Å²) in [7, 11) is 0. The van der Waals surface area contributed by atoms with E-state index in [9.17, 15) is 18.0 Å². The minimum Gasteiger partial charge on any atom is -0.294 e. The molecule has 0 N–H and O–H groups in total. The Hall–Kier alpha value is -2.35. The van der Waals surface area contributed by atoms with Gasteiger partial charge in [0, 0.05) is 0 Å². The van der Waals surface area contributed by atoms with Crippen LogP contribution >= 0.6 is 0 Å². The summed E-state index contributed by atoms with van der Waals surface area (Å²) in [6.07, 6.45) is -3.17. The minimum atomic E-state index is -4.64. The Kier molecular flexibility index (Phi) is 4.23. The Labute approximate surface area is 126 Å². The molecular weight excluding hydrogens is 291 g/mol. The molecule has 1 aromatic carbocycles. The largest absolute Gasteiger partial charge is 0.402 e. The number of allylic oxidation sites excluding steroid dienone is 4. The number of ketones is 1. The van der Waals surface area contributed by atoms with Gasteiger partial charge in [0.25, 0.3) is 0 Å². The van der Waals surface area contributed by atoms with Gasteiger partial charge in [-0.2, -0.15) is 18.4 Å². The molecule has 1 unspecified atom stereocenters. The number of carbonyl (C=O) groups excluding carboxylic acids is 1. The van der Waals surface area contributed by atoms with Crippen LogP contribution in [0, 0.1) is 17.2 Å². The number of rotatable bonds is 2. The number of nitriles is 1. The maximum Gasteiger partial charge on any atom is 0.402 e. The zero-order valence-electron chi connectivity index (χ0n) is 12.2. The van der Waals surface area contributed by atoms with Gasteiger partial charge < -0.3 is 0 Å². The van der Waals surface area contributed by atoms with Crippen molar-refractivity contribution in [3.05, 3.63) is 52.6 Å². The van der Waals surface area contributed by atoms with Gasteiger partial charge in [-0.15, -0.1) is 0 Å². The fraction of sp³-hybridized carbons (Fsp3) is 0.294. The molecule has 114 valence electrons. The number of carbonyl (C=O) groups is 1. The van der Waals surface area contributed by atoms with Gasteiger partial charge in [0.05, 0.1) is 11.6 Å². The van der Waals surface area contributed by atoms with E-state index in [1.165, 1.54) is 24.3 Å². The van der Waals surface area contributed by atoms with Crippen molar-refractivity contribution in [3.8, 4) is 6.07 Å². The van der Waals surface area contributed by atoms with Gasteiger partial charge in [0.1, 0.15) is 5.92 Å². The summed E-state index contributed by atoms with van der Waals surface area (Å²) in [5.74, 6) is -3.08. The fourth-order valence-electron chi connectivity index (χ4n) is 2.77. The third-order valence-electron chi connectivity index (χ3n) is 3.74. The van der Waals surface area contributed by atoms with E-state index in [2.05, 4.69) is 0 Å². The molecule has 1 aromatic rings. The maximum atomic E-state index is 13.4. The molecule has 0 spiro atoms. The van der Waals surface area contributed by atoms with Crippen LogP contribution in [0.5, 0.6) is 0 Å². The number of nitrogens with zero attached hydrogens (tertiary/aromatic N) is 1. The second kappa shape index (κ2) is 5.80. The molecule has 1 aliphatic rings. The summed E-state index contributed by atoms with van der Waals surface area (Å²) < 4.78 is 40.1. The second-order valence-electron chi connectivity index (χ2n) is 5.14. The van der Waals surface area contributed by atoms with Gasteiger partial charge in [-0.05, 0) is 53.8 Å². The lowest BCUT2D eigenvalue weighted by molar-refractivity contribution is -0.166. The molecule has 0 amide bonds. The van der Waals surface area contributed by atoms with Gasteiger partial charge in [-0.25, -0.2) is 0 Å². The van der Waals surface area contributed by atoms with Crippen molar-refractivity contribution in [1.82, 2.24) is 0 Å². The SMILES string of the molecule is CCC1=C(c2ccc(C#N)cc2)C(C(F)(F)F)C(=O)C=C1C. The fourth-order valence-corrected chi connectivity index (χ4v) is 2.77. The molecule has 0 aromatic heterocycles. The molecule has 0 bridgehead atoms. The van der Waals surface area contributed by atoms with E-state index < -0.39 is 17.9 Å². The van der Waals surface area contributed by atoms with E-state index in [0.29, 0.717) is 28.7 Å². The molecule has 2 nitrogen and oxygen atoms in total. The molecule has 0 radical (unpaired) electrons. The first-order valence-electron chi connectivity index (χ1n) is 6.82. The normalized spacial score (nSPS) is 19.0. The first-order chi connectivity index (χ1) is 10.3. The molecule has 1 aliphatic carbocycles. The quantitative estimate of drug-likeness (QED) is 0.811. The smallest absolute Gasteiger partial charge is 0.294 e. The molecule has 0 fully saturated rings. The number of halogens is 3. The molecule has 5 heteroatoms. The van der Waals surface area contributed by atoms with E-state index in [0.717, 1.165) is 6.08 Å². The van der Waals surface area contributed by atoms with Crippen molar-refractivity contribution in [1.29, 1.82) is 5.26 Å². The summed E-state index contributed by atoms with van der Waals surface area (Å²) in [4.78, 5) is 11.9. The highest BCUT2D eigenvalue weighted by Gasteiger charge is 2.48. The molecule has 0 saturated carbocycles. The van der Waals surface area contributed by atoms with Crippen LogP contribution in [0.4, 0.5) is 13.2 Å². The summed E-state index contributed by atoms with van der Waals surface area (Å²) in [6, 6.07) is 7.78. The monoisotopic (exact) mass is 305 g/mol. The molecule has 22 heavy (non-hydrogen) atoms. The highest BCUT2D eigenvalue weighted by molar-refractivity contribution is 6.05. The lowest BCUT2D eigenvalue weighted by Crippen LogP contribution is -2.33. The lowest BCUT2D eigenvalue weighted by Gasteiger charge is -2.28. The summed E-state index contributed by atoms with van der Waals surface area (Å²) in [5.41, 5.74) is 1.79. The predicted octanol–water partition coefficient (Wildman–Crippen LogP) is 4.43. The van der Waals surface area contributed by atoms with Crippen molar-refractivity contribution < 1.29 is 18.0 Å². The first kappa shape index (κ1) is 16.0. The van der Waals surface area contributed by atoms with Crippen LogP contribution in [0.2, 0.25) is 0 Å². The molecule has 1 atom stereocenters. The van der Waals surface area contributed by atoms with Crippen LogP contribution < -0.4 is 0 Å². The van der Waals surface area contributed by atoms with E-state index in [1.807, 2.05) is 6.07 Å². The van der Waals surface area contributed by atoms with Crippen LogP contribution in [-0.2, 0) is 4.79 Å². The highest BCUT2D eigenvalue weighted by atomic mass is 19.4. The van der Waals surface area contributed by atoms with Gasteiger partial charge >= 0.3 is 6.18 Å². The maximum absolute atomic E-state index is 13.4. The third kappa shape index (κ3) is 2.82. The van der Waals surface area contributed by atoms with Gasteiger partial charge in [-0.3, -0.25) is 4.79 Å². The Balaban J connectivity index is 2.68. The highest BCUT2D eigenvalue weighted by Crippen LogP contribution is 2.44. The molecule has 0 saturated heterocycles. The number of hydrogen-bond donors (Lipinski definition) is 0.